The molecule has 27 heavy (non-hydrogen) atoms. The minimum absolute atomic E-state index is 0.0576. The van der Waals surface area contributed by atoms with E-state index in [1.54, 1.807) is 30.3 Å². The number of para-hydroxylation sites is 1. The highest BCUT2D eigenvalue weighted by molar-refractivity contribution is 6.12. The van der Waals surface area contributed by atoms with Gasteiger partial charge in [0.25, 0.3) is 5.91 Å². The van der Waals surface area contributed by atoms with Crippen LogP contribution in [-0.2, 0) is 0 Å². The zero-order valence-electron chi connectivity index (χ0n) is 15.5. The van der Waals surface area contributed by atoms with Gasteiger partial charge in [0, 0.05) is 28.5 Å². The topological polar surface area (TPSA) is 83.1 Å². The van der Waals surface area contributed by atoms with Gasteiger partial charge in [-0.05, 0) is 57.2 Å². The lowest BCUT2D eigenvalue weighted by atomic mass is 10.1. The number of hydrogen-bond donors (Lipinski definition) is 3. The van der Waals surface area contributed by atoms with Gasteiger partial charge in [-0.1, -0.05) is 18.2 Å². The molecule has 3 amide bonds. The highest BCUT2D eigenvalue weighted by Crippen LogP contribution is 2.20. The van der Waals surface area contributed by atoms with Crippen molar-refractivity contribution in [2.24, 2.45) is 0 Å². The summed E-state index contributed by atoms with van der Waals surface area (Å²) in [6, 6.07) is 16.1. The third kappa shape index (κ3) is 4.61. The van der Waals surface area contributed by atoms with E-state index in [9.17, 15) is 9.59 Å². The number of pyridine rings is 1. The average Bonchev–Trinajstić information content (AvgIpc) is 2.61. The number of benzene rings is 2. The first kappa shape index (κ1) is 18.4. The number of aryl methyl sites for hydroxylation is 1. The number of anilines is 2. The lowest BCUT2D eigenvalue weighted by molar-refractivity contribution is 0.102. The van der Waals surface area contributed by atoms with E-state index in [1.165, 1.54) is 0 Å². The van der Waals surface area contributed by atoms with Gasteiger partial charge < -0.3 is 16.0 Å². The van der Waals surface area contributed by atoms with Crippen molar-refractivity contribution in [2.75, 3.05) is 10.6 Å². The summed E-state index contributed by atoms with van der Waals surface area (Å²) in [7, 11) is 0. The second-order valence-corrected chi connectivity index (χ2v) is 6.61. The molecule has 1 aromatic heterocycles. The number of rotatable bonds is 4. The molecular formula is C21H22N4O2. The highest BCUT2D eigenvalue weighted by atomic mass is 16.2. The Bertz CT molecular complexity index is 981. The van der Waals surface area contributed by atoms with Crippen molar-refractivity contribution in [1.29, 1.82) is 0 Å². The Morgan fingerprint density at radius 3 is 2.22 bits per heavy atom. The van der Waals surface area contributed by atoms with Crippen LogP contribution in [0.15, 0.2) is 54.6 Å². The van der Waals surface area contributed by atoms with Crippen LogP contribution in [0.5, 0.6) is 0 Å². The fraction of sp³-hybridized carbons (Fsp3) is 0.190. The van der Waals surface area contributed by atoms with Gasteiger partial charge in [0.1, 0.15) is 0 Å². The Hall–Kier alpha value is -3.41. The maximum absolute atomic E-state index is 12.7. The largest absolute Gasteiger partial charge is 0.336 e. The second-order valence-electron chi connectivity index (χ2n) is 6.61. The van der Waals surface area contributed by atoms with Crippen molar-refractivity contribution in [3.8, 4) is 0 Å². The third-order valence-corrected chi connectivity index (χ3v) is 3.91. The number of nitrogens with zero attached hydrogens (tertiary/aromatic N) is 1. The van der Waals surface area contributed by atoms with Crippen LogP contribution in [0.25, 0.3) is 10.9 Å². The van der Waals surface area contributed by atoms with Crippen LogP contribution in [0, 0.1) is 6.92 Å². The minimum Gasteiger partial charge on any atom is -0.336 e. The van der Waals surface area contributed by atoms with E-state index in [1.807, 2.05) is 45.0 Å². The van der Waals surface area contributed by atoms with Gasteiger partial charge in [-0.2, -0.15) is 0 Å². The highest BCUT2D eigenvalue weighted by Gasteiger charge is 2.12. The monoisotopic (exact) mass is 362 g/mol. The van der Waals surface area contributed by atoms with Crippen molar-refractivity contribution >= 4 is 34.2 Å². The molecule has 0 aliphatic rings. The quantitative estimate of drug-likeness (QED) is 0.646. The van der Waals surface area contributed by atoms with Gasteiger partial charge in [0.05, 0.1) is 11.1 Å². The molecule has 0 bridgehead atoms. The summed E-state index contributed by atoms with van der Waals surface area (Å²) >= 11 is 0. The fourth-order valence-corrected chi connectivity index (χ4v) is 2.76. The molecule has 6 heteroatoms. The van der Waals surface area contributed by atoms with Crippen molar-refractivity contribution in [3.63, 3.8) is 0 Å². The number of carbonyl (C=O) groups is 2. The summed E-state index contributed by atoms with van der Waals surface area (Å²) in [6.45, 7) is 5.65. The molecule has 0 saturated carbocycles. The predicted octanol–water partition coefficient (Wildman–Crippen LogP) is 4.33. The minimum atomic E-state index is -0.263. The van der Waals surface area contributed by atoms with E-state index in [4.69, 9.17) is 0 Å². The Balaban J connectivity index is 1.74. The molecule has 138 valence electrons. The summed E-state index contributed by atoms with van der Waals surface area (Å²) in [6.07, 6.45) is 0. The van der Waals surface area contributed by atoms with E-state index in [0.29, 0.717) is 16.9 Å². The Morgan fingerprint density at radius 1 is 0.926 bits per heavy atom. The molecule has 0 radical (unpaired) electrons. The molecule has 0 spiro atoms. The number of nitrogens with one attached hydrogen (secondary N) is 3. The van der Waals surface area contributed by atoms with E-state index in [-0.39, 0.29) is 18.0 Å². The summed E-state index contributed by atoms with van der Waals surface area (Å²) < 4.78 is 0. The van der Waals surface area contributed by atoms with Gasteiger partial charge in [0.2, 0.25) is 0 Å². The maximum Gasteiger partial charge on any atom is 0.319 e. The molecule has 0 saturated heterocycles. The smallest absolute Gasteiger partial charge is 0.319 e. The van der Waals surface area contributed by atoms with Crippen molar-refractivity contribution in [1.82, 2.24) is 10.3 Å². The average molecular weight is 362 g/mol. The zero-order chi connectivity index (χ0) is 19.4. The lowest BCUT2D eigenvalue weighted by Crippen LogP contribution is -2.34. The lowest BCUT2D eigenvalue weighted by Gasteiger charge is -2.11. The van der Waals surface area contributed by atoms with Crippen LogP contribution in [-0.4, -0.2) is 23.0 Å². The maximum atomic E-state index is 12.7. The van der Waals surface area contributed by atoms with Gasteiger partial charge in [-0.3, -0.25) is 9.78 Å². The molecule has 3 N–H and O–H groups in total. The van der Waals surface area contributed by atoms with Crippen molar-refractivity contribution in [3.05, 3.63) is 65.9 Å². The van der Waals surface area contributed by atoms with Gasteiger partial charge in [-0.25, -0.2) is 4.79 Å². The first-order chi connectivity index (χ1) is 12.9. The molecular weight excluding hydrogens is 340 g/mol. The molecule has 1 heterocycles. The summed E-state index contributed by atoms with van der Waals surface area (Å²) in [5, 5.41) is 9.21. The standard InChI is InChI=1S/C21H22N4O2/c1-13(2)22-21(27)25-16-10-8-15(9-11-16)24-20(26)18-12-14(3)23-19-7-5-4-6-17(18)19/h4-13H,1-3H3,(H,24,26)(H2,22,25,27). The molecule has 0 atom stereocenters. The fourth-order valence-electron chi connectivity index (χ4n) is 2.76. The number of amides is 3. The van der Waals surface area contributed by atoms with Crippen LogP contribution in [0.4, 0.5) is 16.2 Å². The number of carbonyl (C=O) groups excluding carboxylic acids is 2. The first-order valence-electron chi connectivity index (χ1n) is 8.77. The zero-order valence-corrected chi connectivity index (χ0v) is 15.5. The van der Waals surface area contributed by atoms with Crippen LogP contribution >= 0.6 is 0 Å². The van der Waals surface area contributed by atoms with Crippen LogP contribution in [0.2, 0.25) is 0 Å². The molecule has 0 aliphatic carbocycles. The van der Waals surface area contributed by atoms with E-state index < -0.39 is 0 Å². The van der Waals surface area contributed by atoms with Crippen LogP contribution in [0.1, 0.15) is 29.9 Å². The molecule has 3 rings (SSSR count). The molecule has 0 unspecified atom stereocenters. The Labute approximate surface area is 158 Å². The molecule has 0 fully saturated rings. The SMILES string of the molecule is Cc1cc(C(=O)Nc2ccc(NC(=O)NC(C)C)cc2)c2ccccc2n1. The first-order valence-corrected chi connectivity index (χ1v) is 8.77. The molecule has 0 aliphatic heterocycles. The third-order valence-electron chi connectivity index (χ3n) is 3.91. The van der Waals surface area contributed by atoms with Gasteiger partial charge in [0.15, 0.2) is 0 Å². The van der Waals surface area contributed by atoms with E-state index in [0.717, 1.165) is 16.6 Å². The normalized spacial score (nSPS) is 10.7. The van der Waals surface area contributed by atoms with Crippen molar-refractivity contribution in [2.45, 2.75) is 26.8 Å². The summed E-state index contributed by atoms with van der Waals surface area (Å²) in [4.78, 5) is 28.9. The number of fused-ring (bicyclic) bond motifs is 1. The van der Waals surface area contributed by atoms with Gasteiger partial charge in [-0.15, -0.1) is 0 Å². The molecule has 2 aromatic carbocycles. The van der Waals surface area contributed by atoms with Crippen LogP contribution in [0.3, 0.4) is 0 Å². The second kappa shape index (κ2) is 7.86. The van der Waals surface area contributed by atoms with E-state index in [2.05, 4.69) is 20.9 Å². The molecule has 6 nitrogen and oxygen atoms in total. The van der Waals surface area contributed by atoms with Crippen LogP contribution < -0.4 is 16.0 Å². The number of aromatic nitrogens is 1. The summed E-state index contributed by atoms with van der Waals surface area (Å²) in [5.41, 5.74) is 3.45. The van der Waals surface area contributed by atoms with Crippen molar-refractivity contribution < 1.29 is 9.59 Å². The number of hydrogen-bond acceptors (Lipinski definition) is 3. The predicted molar refractivity (Wildman–Crippen MR) is 108 cm³/mol. The number of urea groups is 1. The van der Waals surface area contributed by atoms with E-state index >= 15 is 0 Å². The Kier molecular flexibility index (Phi) is 5.35. The Morgan fingerprint density at radius 2 is 1.56 bits per heavy atom. The van der Waals surface area contributed by atoms with Gasteiger partial charge >= 0.3 is 6.03 Å². The molecule has 3 aromatic rings. The summed E-state index contributed by atoms with van der Waals surface area (Å²) in [5.74, 6) is -0.199.